The van der Waals surface area contributed by atoms with Crippen molar-refractivity contribution < 1.29 is 9.47 Å². The van der Waals surface area contributed by atoms with Crippen LogP contribution in [0.4, 0.5) is 0 Å². The summed E-state index contributed by atoms with van der Waals surface area (Å²) in [6.07, 6.45) is -0.138. The maximum absolute atomic E-state index is 5.73. The molecule has 0 aromatic heterocycles. The van der Waals surface area contributed by atoms with E-state index in [1.807, 2.05) is 12.1 Å². The number of benzene rings is 1. The van der Waals surface area contributed by atoms with Crippen molar-refractivity contribution in [1.29, 1.82) is 0 Å². The number of nitrogens with one attached hydrogen (secondary N) is 1. The fraction of sp³-hybridized carbons (Fsp3) is 0.571. The maximum atomic E-state index is 5.73. The monoisotopic (exact) mass is 271 g/mol. The smallest absolute Gasteiger partial charge is 0.170 e. The zero-order valence-corrected chi connectivity index (χ0v) is 11.8. The van der Waals surface area contributed by atoms with E-state index in [1.165, 1.54) is 11.1 Å². The Hall–Kier alpha value is -0.610. The summed E-state index contributed by atoms with van der Waals surface area (Å²) < 4.78 is 11.5. The molecule has 1 heterocycles. The number of fused-ring (bicyclic) bond motifs is 1. The lowest BCUT2D eigenvalue weighted by molar-refractivity contribution is -0.145. The Kier molecular flexibility index (Phi) is 6.65. The first-order valence-corrected chi connectivity index (χ1v) is 6.26. The Labute approximate surface area is 115 Å². The fourth-order valence-corrected chi connectivity index (χ4v) is 1.86. The Morgan fingerprint density at radius 2 is 1.72 bits per heavy atom. The summed E-state index contributed by atoms with van der Waals surface area (Å²) in [5.41, 5.74) is 2.47. The molecule has 0 bridgehead atoms. The molecule has 3 nitrogen and oxygen atoms in total. The predicted molar refractivity (Wildman–Crippen MR) is 74.8 cm³/mol. The SMILES string of the molecule is CC(C)CNCC1OCc2ccccc2CO1.Cl. The van der Waals surface area contributed by atoms with Gasteiger partial charge in [-0.2, -0.15) is 0 Å². The van der Waals surface area contributed by atoms with E-state index in [1.54, 1.807) is 0 Å². The molecule has 1 N–H and O–H groups in total. The lowest BCUT2D eigenvalue weighted by atomic mass is 10.1. The van der Waals surface area contributed by atoms with Gasteiger partial charge in [0.25, 0.3) is 0 Å². The minimum absolute atomic E-state index is 0. The molecule has 2 rings (SSSR count). The average molecular weight is 272 g/mol. The summed E-state index contributed by atoms with van der Waals surface area (Å²) in [5.74, 6) is 0.651. The van der Waals surface area contributed by atoms with Crippen LogP contribution in [0.2, 0.25) is 0 Å². The van der Waals surface area contributed by atoms with Gasteiger partial charge in [0.1, 0.15) is 0 Å². The average Bonchev–Trinajstić information content (AvgIpc) is 2.52. The Morgan fingerprint density at radius 3 is 2.22 bits per heavy atom. The molecule has 1 aromatic rings. The minimum Gasteiger partial charge on any atom is -0.347 e. The quantitative estimate of drug-likeness (QED) is 0.913. The summed E-state index contributed by atoms with van der Waals surface area (Å²) in [7, 11) is 0. The zero-order valence-electron chi connectivity index (χ0n) is 11.0. The summed E-state index contributed by atoms with van der Waals surface area (Å²) in [5, 5.41) is 3.36. The van der Waals surface area contributed by atoms with Crippen LogP contribution in [-0.2, 0) is 22.7 Å². The normalized spacial score (nSPS) is 15.9. The van der Waals surface area contributed by atoms with E-state index in [-0.39, 0.29) is 18.7 Å². The van der Waals surface area contributed by atoms with E-state index >= 15 is 0 Å². The van der Waals surface area contributed by atoms with Gasteiger partial charge in [0.05, 0.1) is 13.2 Å². The molecule has 4 heteroatoms. The van der Waals surface area contributed by atoms with E-state index in [4.69, 9.17) is 9.47 Å². The third-order valence-electron chi connectivity index (χ3n) is 2.83. The fourth-order valence-electron chi connectivity index (χ4n) is 1.86. The van der Waals surface area contributed by atoms with Crippen molar-refractivity contribution in [3.8, 4) is 0 Å². The van der Waals surface area contributed by atoms with Crippen molar-refractivity contribution in [1.82, 2.24) is 5.32 Å². The molecule has 0 saturated heterocycles. The molecule has 1 aliphatic heterocycles. The van der Waals surface area contributed by atoms with E-state index in [9.17, 15) is 0 Å². The van der Waals surface area contributed by atoms with Crippen molar-refractivity contribution in [2.45, 2.75) is 33.4 Å². The Bertz CT molecular complexity index is 330. The largest absolute Gasteiger partial charge is 0.347 e. The first-order chi connectivity index (χ1) is 8.25. The molecule has 0 unspecified atom stereocenters. The van der Waals surface area contributed by atoms with Crippen LogP contribution in [0.5, 0.6) is 0 Å². The van der Waals surface area contributed by atoms with Crippen LogP contribution in [0, 0.1) is 5.92 Å². The Balaban J connectivity index is 0.00000162. The molecule has 102 valence electrons. The number of hydrogen-bond acceptors (Lipinski definition) is 3. The van der Waals surface area contributed by atoms with Gasteiger partial charge in [0, 0.05) is 6.54 Å². The number of ether oxygens (including phenoxy) is 2. The highest BCUT2D eigenvalue weighted by Crippen LogP contribution is 2.17. The van der Waals surface area contributed by atoms with Gasteiger partial charge in [-0.05, 0) is 23.6 Å². The Morgan fingerprint density at radius 1 is 1.17 bits per heavy atom. The second-order valence-electron chi connectivity index (χ2n) is 4.87. The second kappa shape index (κ2) is 7.74. The highest BCUT2D eigenvalue weighted by Gasteiger charge is 2.16. The van der Waals surface area contributed by atoms with Gasteiger partial charge >= 0.3 is 0 Å². The predicted octanol–water partition coefficient (Wildman–Crippen LogP) is 2.73. The van der Waals surface area contributed by atoms with Gasteiger partial charge in [0.2, 0.25) is 0 Å². The van der Waals surface area contributed by atoms with Crippen LogP contribution in [0.1, 0.15) is 25.0 Å². The van der Waals surface area contributed by atoms with Gasteiger partial charge in [-0.25, -0.2) is 0 Å². The molecule has 0 aliphatic carbocycles. The molecule has 1 aliphatic rings. The summed E-state index contributed by atoms with van der Waals surface area (Å²) in [6, 6.07) is 8.28. The molecule has 0 fully saturated rings. The third kappa shape index (κ3) is 4.58. The molecule has 1 aromatic carbocycles. The van der Waals surface area contributed by atoms with E-state index < -0.39 is 0 Å². The summed E-state index contributed by atoms with van der Waals surface area (Å²) >= 11 is 0. The number of rotatable bonds is 4. The van der Waals surface area contributed by atoms with Crippen LogP contribution in [-0.4, -0.2) is 19.4 Å². The summed E-state index contributed by atoms with van der Waals surface area (Å²) in [6.45, 7) is 7.42. The van der Waals surface area contributed by atoms with Gasteiger partial charge < -0.3 is 14.8 Å². The molecule has 18 heavy (non-hydrogen) atoms. The standard InChI is InChI=1S/C14H21NO2.ClH/c1-11(2)7-15-8-14-16-9-12-5-3-4-6-13(12)10-17-14;/h3-6,11,14-15H,7-10H2,1-2H3;1H. The second-order valence-corrected chi connectivity index (χ2v) is 4.87. The molecule has 0 spiro atoms. The highest BCUT2D eigenvalue weighted by molar-refractivity contribution is 5.85. The van der Waals surface area contributed by atoms with Crippen molar-refractivity contribution in [2.75, 3.05) is 13.1 Å². The molecule has 0 radical (unpaired) electrons. The van der Waals surface area contributed by atoms with Crippen LogP contribution >= 0.6 is 12.4 Å². The van der Waals surface area contributed by atoms with Gasteiger partial charge in [-0.3, -0.25) is 0 Å². The van der Waals surface area contributed by atoms with Crippen molar-refractivity contribution >= 4 is 12.4 Å². The highest BCUT2D eigenvalue weighted by atomic mass is 35.5. The van der Waals surface area contributed by atoms with Crippen LogP contribution in [0.3, 0.4) is 0 Å². The van der Waals surface area contributed by atoms with Crippen molar-refractivity contribution in [3.05, 3.63) is 35.4 Å². The first kappa shape index (κ1) is 15.4. The molecular weight excluding hydrogens is 250 g/mol. The first-order valence-electron chi connectivity index (χ1n) is 6.26. The van der Waals surface area contributed by atoms with Crippen LogP contribution in [0.25, 0.3) is 0 Å². The van der Waals surface area contributed by atoms with E-state index in [0.717, 1.165) is 13.1 Å². The van der Waals surface area contributed by atoms with Gasteiger partial charge in [-0.1, -0.05) is 38.1 Å². The maximum Gasteiger partial charge on any atom is 0.170 e. The molecular formula is C14H22ClNO2. The van der Waals surface area contributed by atoms with Crippen LogP contribution in [0.15, 0.2) is 24.3 Å². The van der Waals surface area contributed by atoms with Crippen molar-refractivity contribution in [3.63, 3.8) is 0 Å². The topological polar surface area (TPSA) is 30.5 Å². The molecule has 0 amide bonds. The lowest BCUT2D eigenvalue weighted by Gasteiger charge is -2.16. The number of hydrogen-bond donors (Lipinski definition) is 1. The third-order valence-corrected chi connectivity index (χ3v) is 2.83. The summed E-state index contributed by atoms with van der Waals surface area (Å²) in [4.78, 5) is 0. The van der Waals surface area contributed by atoms with Gasteiger partial charge in [-0.15, -0.1) is 12.4 Å². The zero-order chi connectivity index (χ0) is 12.1. The molecule has 0 saturated carbocycles. The van der Waals surface area contributed by atoms with Crippen molar-refractivity contribution in [2.24, 2.45) is 5.92 Å². The lowest BCUT2D eigenvalue weighted by Crippen LogP contribution is -2.32. The minimum atomic E-state index is -0.138. The number of halogens is 1. The molecule has 0 atom stereocenters. The van der Waals surface area contributed by atoms with E-state index in [2.05, 4.69) is 31.3 Å². The van der Waals surface area contributed by atoms with E-state index in [0.29, 0.717) is 19.1 Å². The van der Waals surface area contributed by atoms with Crippen LogP contribution < -0.4 is 5.32 Å². The van der Waals surface area contributed by atoms with Gasteiger partial charge in [0.15, 0.2) is 6.29 Å².